The molecule has 1 saturated carbocycles. The summed E-state index contributed by atoms with van der Waals surface area (Å²) in [5.41, 5.74) is 1.44. The smallest absolute Gasteiger partial charge is 0.328 e. The number of amides is 1. The number of hydrogen-bond acceptors (Lipinski definition) is 3. The van der Waals surface area contributed by atoms with Gasteiger partial charge in [0, 0.05) is 0 Å². The van der Waals surface area contributed by atoms with Gasteiger partial charge in [-0.3, -0.25) is 4.79 Å². The van der Waals surface area contributed by atoms with Crippen molar-refractivity contribution in [3.8, 4) is 0 Å². The number of hydrogen-bond donors (Lipinski definition) is 1. The maximum Gasteiger partial charge on any atom is 0.328 e. The molecule has 0 bridgehead atoms. The van der Waals surface area contributed by atoms with Crippen LogP contribution in [-0.2, 0) is 19.7 Å². The summed E-state index contributed by atoms with van der Waals surface area (Å²) in [6.45, 7) is 0. The number of benzene rings is 3. The zero-order valence-corrected chi connectivity index (χ0v) is 17.7. The Labute approximate surface area is 183 Å². The maximum atomic E-state index is 14.2. The van der Waals surface area contributed by atoms with Crippen molar-refractivity contribution >= 4 is 11.9 Å². The van der Waals surface area contributed by atoms with Gasteiger partial charge < -0.3 is 10.1 Å². The summed E-state index contributed by atoms with van der Waals surface area (Å²) in [7, 11) is 1.37. The average molecular weight is 414 g/mol. The Kier molecular flexibility index (Phi) is 6.17. The first-order valence-corrected chi connectivity index (χ1v) is 10.7. The van der Waals surface area contributed by atoms with Gasteiger partial charge in [0.2, 0.25) is 5.91 Å². The second-order valence-corrected chi connectivity index (χ2v) is 8.08. The highest BCUT2D eigenvalue weighted by Crippen LogP contribution is 2.40. The fourth-order valence-corrected chi connectivity index (χ4v) is 4.27. The molecule has 3 aromatic rings. The van der Waals surface area contributed by atoms with Crippen molar-refractivity contribution in [2.75, 3.05) is 7.11 Å². The number of ether oxygens (including phenoxy) is 1. The lowest BCUT2D eigenvalue weighted by Crippen LogP contribution is -2.52. The van der Waals surface area contributed by atoms with Gasteiger partial charge in [0.25, 0.3) is 0 Å². The Morgan fingerprint density at radius 2 is 1.26 bits per heavy atom. The highest BCUT2D eigenvalue weighted by molar-refractivity contribution is 5.98. The highest BCUT2D eigenvalue weighted by atomic mass is 16.5. The first-order chi connectivity index (χ1) is 15.2. The summed E-state index contributed by atoms with van der Waals surface area (Å²) >= 11 is 0. The van der Waals surface area contributed by atoms with Crippen LogP contribution in [-0.4, -0.2) is 25.0 Å². The fraction of sp³-hybridized carbons (Fsp3) is 0.259. The number of rotatable bonds is 8. The van der Waals surface area contributed by atoms with Crippen LogP contribution in [0.4, 0.5) is 0 Å². The van der Waals surface area contributed by atoms with Crippen LogP contribution in [0.3, 0.4) is 0 Å². The van der Waals surface area contributed by atoms with Gasteiger partial charge >= 0.3 is 5.97 Å². The Balaban J connectivity index is 1.87. The molecular formula is C27H27NO3. The number of esters is 1. The van der Waals surface area contributed by atoms with Crippen LogP contribution in [0.15, 0.2) is 91.0 Å². The minimum atomic E-state index is -1.10. The molecule has 0 spiro atoms. The van der Waals surface area contributed by atoms with Crippen molar-refractivity contribution in [3.05, 3.63) is 108 Å². The molecule has 31 heavy (non-hydrogen) atoms. The number of carbonyl (C=O) groups excluding carboxylic acids is 2. The standard InChI is InChI=1S/C27H27NO3/c1-31-25(29)24(19-20-17-18-20)28-26(30)27(21-11-5-2-6-12-21,22-13-7-3-8-14-22)23-15-9-4-10-16-23/h2-16,20,24H,17-19H2,1H3,(H,28,30)/t24-/m1/s1. The average Bonchev–Trinajstić information content (AvgIpc) is 3.65. The van der Waals surface area contributed by atoms with Gasteiger partial charge in [-0.05, 0) is 29.0 Å². The molecular weight excluding hydrogens is 386 g/mol. The molecule has 158 valence electrons. The van der Waals surface area contributed by atoms with Crippen LogP contribution in [0, 0.1) is 5.92 Å². The minimum absolute atomic E-state index is 0.229. The van der Waals surface area contributed by atoms with Gasteiger partial charge in [0.15, 0.2) is 0 Å². The molecule has 1 aliphatic carbocycles. The molecule has 3 aromatic carbocycles. The minimum Gasteiger partial charge on any atom is -0.467 e. The van der Waals surface area contributed by atoms with Crippen LogP contribution in [0.2, 0.25) is 0 Å². The fourth-order valence-electron chi connectivity index (χ4n) is 4.27. The molecule has 0 aromatic heterocycles. The van der Waals surface area contributed by atoms with Gasteiger partial charge in [-0.25, -0.2) is 4.79 Å². The summed E-state index contributed by atoms with van der Waals surface area (Å²) in [5, 5.41) is 3.06. The van der Waals surface area contributed by atoms with E-state index in [1.54, 1.807) is 0 Å². The van der Waals surface area contributed by atoms with Crippen LogP contribution < -0.4 is 5.32 Å². The van der Waals surface area contributed by atoms with Crippen LogP contribution >= 0.6 is 0 Å². The summed E-state index contributed by atoms with van der Waals surface area (Å²) in [5.74, 6) is -0.167. The molecule has 0 unspecified atom stereocenters. The lowest BCUT2D eigenvalue weighted by Gasteiger charge is -2.35. The molecule has 4 heteroatoms. The molecule has 1 atom stereocenters. The van der Waals surface area contributed by atoms with Crippen LogP contribution in [0.1, 0.15) is 36.0 Å². The lowest BCUT2D eigenvalue weighted by atomic mass is 9.68. The molecule has 1 fully saturated rings. The van der Waals surface area contributed by atoms with E-state index in [-0.39, 0.29) is 5.91 Å². The van der Waals surface area contributed by atoms with E-state index in [0.717, 1.165) is 29.5 Å². The molecule has 0 heterocycles. The van der Waals surface area contributed by atoms with Crippen LogP contribution in [0.5, 0.6) is 0 Å². The molecule has 1 aliphatic rings. The van der Waals surface area contributed by atoms with Crippen molar-refractivity contribution in [1.29, 1.82) is 0 Å². The Hall–Kier alpha value is -3.40. The van der Waals surface area contributed by atoms with Gasteiger partial charge in [-0.15, -0.1) is 0 Å². The monoisotopic (exact) mass is 413 g/mol. The van der Waals surface area contributed by atoms with E-state index < -0.39 is 17.4 Å². The second kappa shape index (κ2) is 9.17. The quantitative estimate of drug-likeness (QED) is 0.438. The number of nitrogens with one attached hydrogen (secondary N) is 1. The molecule has 4 nitrogen and oxygen atoms in total. The molecule has 4 rings (SSSR count). The largest absolute Gasteiger partial charge is 0.467 e. The van der Waals surface area contributed by atoms with E-state index in [1.807, 2.05) is 91.0 Å². The van der Waals surface area contributed by atoms with Crippen molar-refractivity contribution < 1.29 is 14.3 Å². The summed E-state index contributed by atoms with van der Waals surface area (Å²) < 4.78 is 5.02. The maximum absolute atomic E-state index is 14.2. The van der Waals surface area contributed by atoms with Crippen molar-refractivity contribution in [2.24, 2.45) is 5.92 Å². The molecule has 0 radical (unpaired) electrons. The van der Waals surface area contributed by atoms with Gasteiger partial charge in [-0.2, -0.15) is 0 Å². The van der Waals surface area contributed by atoms with Gasteiger partial charge in [-0.1, -0.05) is 104 Å². The summed E-state index contributed by atoms with van der Waals surface area (Å²) in [6.07, 6.45) is 2.78. The van der Waals surface area contributed by atoms with E-state index in [1.165, 1.54) is 7.11 Å². The molecule has 0 aliphatic heterocycles. The van der Waals surface area contributed by atoms with Crippen molar-refractivity contribution in [2.45, 2.75) is 30.7 Å². The molecule has 1 amide bonds. The summed E-state index contributed by atoms with van der Waals surface area (Å²) in [4.78, 5) is 26.7. The topological polar surface area (TPSA) is 55.4 Å². The second-order valence-electron chi connectivity index (χ2n) is 8.08. The molecule has 1 N–H and O–H groups in total. The van der Waals surface area contributed by atoms with Crippen molar-refractivity contribution in [1.82, 2.24) is 5.32 Å². The van der Waals surface area contributed by atoms with Crippen molar-refractivity contribution in [3.63, 3.8) is 0 Å². The Morgan fingerprint density at radius 1 is 0.839 bits per heavy atom. The first-order valence-electron chi connectivity index (χ1n) is 10.7. The Bertz CT molecular complexity index is 917. The first kappa shape index (κ1) is 20.9. The zero-order valence-electron chi connectivity index (χ0n) is 17.7. The van der Waals surface area contributed by atoms with E-state index in [4.69, 9.17) is 4.74 Å². The predicted octanol–water partition coefficient (Wildman–Crippen LogP) is 4.48. The SMILES string of the molecule is COC(=O)[C@@H](CC1CC1)NC(=O)C(c1ccccc1)(c1ccccc1)c1ccccc1. The molecule has 0 saturated heterocycles. The third-order valence-corrected chi connectivity index (χ3v) is 6.02. The van der Waals surface area contributed by atoms with E-state index in [0.29, 0.717) is 12.3 Å². The normalized spacial score (nSPS) is 14.5. The van der Waals surface area contributed by atoms with Gasteiger partial charge in [0.05, 0.1) is 7.11 Å². The van der Waals surface area contributed by atoms with E-state index in [2.05, 4.69) is 5.32 Å². The third kappa shape index (κ3) is 4.24. The summed E-state index contributed by atoms with van der Waals surface area (Å²) in [6, 6.07) is 28.6. The number of carbonyl (C=O) groups is 2. The zero-order chi connectivity index (χ0) is 21.7. The number of methoxy groups -OCH3 is 1. The predicted molar refractivity (Wildman–Crippen MR) is 120 cm³/mol. The van der Waals surface area contributed by atoms with Gasteiger partial charge in [0.1, 0.15) is 11.5 Å². The Morgan fingerprint density at radius 3 is 1.61 bits per heavy atom. The highest BCUT2D eigenvalue weighted by Gasteiger charge is 2.45. The van der Waals surface area contributed by atoms with Crippen LogP contribution in [0.25, 0.3) is 0 Å². The van der Waals surface area contributed by atoms with E-state index in [9.17, 15) is 9.59 Å². The third-order valence-electron chi connectivity index (χ3n) is 6.02. The lowest BCUT2D eigenvalue weighted by molar-refractivity contribution is -0.145. The van der Waals surface area contributed by atoms with E-state index >= 15 is 0 Å².